The maximum atomic E-state index is 12.0. The van der Waals surface area contributed by atoms with Crippen molar-refractivity contribution in [3.63, 3.8) is 0 Å². The zero-order chi connectivity index (χ0) is 14.7. The smallest absolute Gasteiger partial charge is 0.154 e. The van der Waals surface area contributed by atoms with Gasteiger partial charge in [-0.25, -0.2) is 8.42 Å². The van der Waals surface area contributed by atoms with E-state index < -0.39 is 14.6 Å². The van der Waals surface area contributed by atoms with Gasteiger partial charge in [-0.2, -0.15) is 0 Å². The van der Waals surface area contributed by atoms with Crippen LogP contribution in [-0.2, 0) is 16.3 Å². The van der Waals surface area contributed by atoms with E-state index in [1.54, 1.807) is 26.2 Å². The second-order valence-corrected chi connectivity index (χ2v) is 8.71. The Kier molecular flexibility index (Phi) is 5.53. The number of hydrogen-bond donors (Lipinski definition) is 1. The predicted octanol–water partition coefficient (Wildman–Crippen LogP) is 2.19. The highest BCUT2D eigenvalue weighted by atomic mass is 79.9. The van der Waals surface area contributed by atoms with Gasteiger partial charge in [0.05, 0.1) is 4.75 Å². The zero-order valence-corrected chi connectivity index (χ0v) is 14.2. The van der Waals surface area contributed by atoms with Crippen molar-refractivity contribution in [1.29, 1.82) is 0 Å². The summed E-state index contributed by atoms with van der Waals surface area (Å²) in [4.78, 5) is 4.12. The maximum Gasteiger partial charge on any atom is 0.154 e. The van der Waals surface area contributed by atoms with Crippen molar-refractivity contribution in [3.8, 4) is 0 Å². The number of nitrogens with one attached hydrogen (secondary N) is 1. The monoisotopic (exact) mass is 348 g/mol. The van der Waals surface area contributed by atoms with Gasteiger partial charge in [0.2, 0.25) is 0 Å². The number of pyridine rings is 1. The van der Waals surface area contributed by atoms with Crippen molar-refractivity contribution in [2.24, 2.45) is 0 Å². The molecule has 0 aliphatic rings. The summed E-state index contributed by atoms with van der Waals surface area (Å²) in [5.41, 5.74) is 1.01. The molecule has 0 aliphatic heterocycles. The summed E-state index contributed by atoms with van der Waals surface area (Å²) in [6, 6.07) is 1.82. The topological polar surface area (TPSA) is 59.1 Å². The SMILES string of the molecule is CCNC(Cc1cncc(Br)c1)C(C)(C)S(C)(=O)=O. The molecule has 0 saturated heterocycles. The molecule has 1 unspecified atom stereocenters. The second kappa shape index (κ2) is 6.33. The van der Waals surface area contributed by atoms with Gasteiger partial charge in [-0.05, 0) is 54.4 Å². The van der Waals surface area contributed by atoms with Gasteiger partial charge in [0, 0.05) is 29.2 Å². The van der Waals surface area contributed by atoms with Crippen molar-refractivity contribution in [1.82, 2.24) is 10.3 Å². The van der Waals surface area contributed by atoms with Gasteiger partial charge < -0.3 is 5.32 Å². The average Bonchev–Trinajstić information content (AvgIpc) is 2.27. The third-order valence-electron chi connectivity index (χ3n) is 3.45. The molecule has 0 spiro atoms. The average molecular weight is 349 g/mol. The Balaban J connectivity index is 3.02. The second-order valence-electron chi connectivity index (χ2n) is 5.20. The van der Waals surface area contributed by atoms with Crippen molar-refractivity contribution in [2.75, 3.05) is 12.8 Å². The number of sulfone groups is 1. The molecule has 1 heterocycles. The fourth-order valence-electron chi connectivity index (χ4n) is 1.87. The number of aromatic nitrogens is 1. The van der Waals surface area contributed by atoms with Crippen LogP contribution < -0.4 is 5.32 Å². The van der Waals surface area contributed by atoms with Crippen molar-refractivity contribution in [2.45, 2.75) is 38.0 Å². The largest absolute Gasteiger partial charge is 0.312 e. The molecule has 0 saturated carbocycles. The van der Waals surface area contributed by atoms with E-state index in [9.17, 15) is 8.42 Å². The normalized spacial score (nSPS) is 14.4. The van der Waals surface area contributed by atoms with E-state index in [2.05, 4.69) is 26.2 Å². The van der Waals surface area contributed by atoms with Crippen molar-refractivity contribution < 1.29 is 8.42 Å². The van der Waals surface area contributed by atoms with Gasteiger partial charge in [-0.15, -0.1) is 0 Å². The summed E-state index contributed by atoms with van der Waals surface area (Å²) >= 11 is 3.38. The first-order valence-electron chi connectivity index (χ1n) is 6.21. The van der Waals surface area contributed by atoms with Gasteiger partial charge in [0.25, 0.3) is 0 Å². The van der Waals surface area contributed by atoms with Crippen molar-refractivity contribution >= 4 is 25.8 Å². The lowest BCUT2D eigenvalue weighted by Gasteiger charge is -2.33. The van der Waals surface area contributed by atoms with Crippen molar-refractivity contribution in [3.05, 3.63) is 28.5 Å². The van der Waals surface area contributed by atoms with Gasteiger partial charge >= 0.3 is 0 Å². The Labute approximate surface area is 124 Å². The summed E-state index contributed by atoms with van der Waals surface area (Å²) in [5.74, 6) is 0. The Morgan fingerprint density at radius 3 is 2.53 bits per heavy atom. The highest BCUT2D eigenvalue weighted by Gasteiger charge is 2.38. The third kappa shape index (κ3) is 4.26. The summed E-state index contributed by atoms with van der Waals surface area (Å²) in [6.45, 7) is 6.23. The van der Waals surface area contributed by atoms with Crippen LogP contribution in [0, 0.1) is 0 Å². The first-order chi connectivity index (χ1) is 8.68. The Hall–Kier alpha value is -0.460. The van der Waals surface area contributed by atoms with E-state index in [1.165, 1.54) is 6.26 Å². The number of hydrogen-bond acceptors (Lipinski definition) is 4. The minimum atomic E-state index is -3.15. The molecule has 0 bridgehead atoms. The summed E-state index contributed by atoms with van der Waals surface area (Å²) in [5, 5.41) is 3.28. The summed E-state index contributed by atoms with van der Waals surface area (Å²) in [6.07, 6.45) is 5.40. The lowest BCUT2D eigenvalue weighted by Crippen LogP contribution is -2.52. The van der Waals surface area contributed by atoms with E-state index >= 15 is 0 Å². The zero-order valence-electron chi connectivity index (χ0n) is 11.8. The molecule has 0 amide bonds. The number of halogens is 1. The fraction of sp³-hybridized carbons (Fsp3) is 0.615. The van der Waals surface area contributed by atoms with Gasteiger partial charge in [-0.1, -0.05) is 6.92 Å². The minimum absolute atomic E-state index is 0.149. The molecule has 0 fully saturated rings. The first kappa shape index (κ1) is 16.6. The van der Waals surface area contributed by atoms with Crippen LogP contribution in [0.3, 0.4) is 0 Å². The van der Waals surface area contributed by atoms with Crippen LogP contribution in [-0.4, -0.2) is 37.0 Å². The van der Waals surface area contributed by atoms with Gasteiger partial charge in [0.1, 0.15) is 0 Å². The van der Waals surface area contributed by atoms with E-state index in [0.717, 1.165) is 16.6 Å². The Morgan fingerprint density at radius 1 is 1.42 bits per heavy atom. The maximum absolute atomic E-state index is 12.0. The molecule has 1 rings (SSSR count). The van der Waals surface area contributed by atoms with Crippen LogP contribution in [0.25, 0.3) is 0 Å². The lowest BCUT2D eigenvalue weighted by molar-refractivity contribution is 0.413. The standard InChI is InChI=1S/C13H21BrN2O2S/c1-5-16-12(13(2,3)19(4,17)18)7-10-6-11(14)9-15-8-10/h6,8-9,12,16H,5,7H2,1-4H3. The highest BCUT2D eigenvalue weighted by Crippen LogP contribution is 2.23. The molecule has 1 aromatic heterocycles. The fourth-order valence-corrected chi connectivity index (χ4v) is 2.97. The molecule has 6 heteroatoms. The van der Waals surface area contributed by atoms with E-state index in [-0.39, 0.29) is 6.04 Å². The van der Waals surface area contributed by atoms with Crippen LogP contribution in [0.1, 0.15) is 26.3 Å². The Bertz CT molecular complexity index is 529. The van der Waals surface area contributed by atoms with Gasteiger partial charge in [-0.3, -0.25) is 4.98 Å². The van der Waals surface area contributed by atoms with Crippen LogP contribution in [0.2, 0.25) is 0 Å². The lowest BCUT2D eigenvalue weighted by atomic mass is 9.96. The number of rotatable bonds is 6. The molecule has 0 aliphatic carbocycles. The Morgan fingerprint density at radius 2 is 2.05 bits per heavy atom. The molecule has 19 heavy (non-hydrogen) atoms. The molecule has 108 valence electrons. The predicted molar refractivity (Wildman–Crippen MR) is 82.0 cm³/mol. The van der Waals surface area contributed by atoms with E-state index in [0.29, 0.717) is 6.42 Å². The molecule has 1 aromatic rings. The third-order valence-corrected chi connectivity index (χ3v) is 6.08. The summed E-state index contributed by atoms with van der Waals surface area (Å²) < 4.78 is 24.0. The number of nitrogens with zero attached hydrogens (tertiary/aromatic N) is 1. The van der Waals surface area contributed by atoms with Crippen LogP contribution >= 0.6 is 15.9 Å². The molecular weight excluding hydrogens is 328 g/mol. The summed E-state index contributed by atoms with van der Waals surface area (Å²) in [7, 11) is -3.15. The van der Waals surface area contributed by atoms with Crippen LogP contribution in [0.5, 0.6) is 0 Å². The van der Waals surface area contributed by atoms with Gasteiger partial charge in [0.15, 0.2) is 9.84 Å². The van der Waals surface area contributed by atoms with E-state index in [4.69, 9.17) is 0 Å². The number of likely N-dealkylation sites (N-methyl/N-ethyl adjacent to an activating group) is 1. The first-order valence-corrected chi connectivity index (χ1v) is 8.89. The molecule has 1 atom stereocenters. The molecular formula is C13H21BrN2O2S. The minimum Gasteiger partial charge on any atom is -0.312 e. The van der Waals surface area contributed by atoms with Crippen LogP contribution in [0.15, 0.2) is 22.9 Å². The molecule has 1 N–H and O–H groups in total. The molecule has 0 radical (unpaired) electrons. The molecule has 0 aromatic carbocycles. The quantitative estimate of drug-likeness (QED) is 0.855. The van der Waals surface area contributed by atoms with Crippen LogP contribution in [0.4, 0.5) is 0 Å². The molecule has 4 nitrogen and oxygen atoms in total. The highest BCUT2D eigenvalue weighted by molar-refractivity contribution is 9.10. The van der Waals surface area contributed by atoms with E-state index in [1.807, 2.05) is 13.0 Å².